The summed E-state index contributed by atoms with van der Waals surface area (Å²) in [6.45, 7) is 10.8. The molecule has 0 bridgehead atoms. The van der Waals surface area contributed by atoms with Gasteiger partial charge in [0.05, 0.1) is 12.8 Å². The predicted molar refractivity (Wildman–Crippen MR) is 136 cm³/mol. The van der Waals surface area contributed by atoms with E-state index in [4.69, 9.17) is 9.40 Å². The first-order valence-corrected chi connectivity index (χ1v) is 11.6. The maximum absolute atomic E-state index is 13.4. The summed E-state index contributed by atoms with van der Waals surface area (Å²) in [5, 5.41) is 3.29. The van der Waals surface area contributed by atoms with Crippen molar-refractivity contribution < 1.29 is 9.21 Å². The number of nitrogens with one attached hydrogen (secondary N) is 1. The fraction of sp³-hybridized carbons (Fsp3) is 0.444. The molecule has 1 aromatic carbocycles. The Balaban J connectivity index is 0.00000324. The van der Waals surface area contributed by atoms with Gasteiger partial charge in [-0.05, 0) is 24.1 Å². The SMILES string of the molecule is C.CC(C)(C)c1ncc(C(=O)N2CCN(CCc3ccccc3)CC2)c(NCc2ccco2)n1. The first kappa shape index (κ1) is 25.4. The van der Waals surface area contributed by atoms with Crippen LogP contribution in [0.5, 0.6) is 0 Å². The molecule has 3 heterocycles. The van der Waals surface area contributed by atoms with E-state index >= 15 is 0 Å². The minimum atomic E-state index is -0.215. The van der Waals surface area contributed by atoms with Crippen molar-refractivity contribution in [3.63, 3.8) is 0 Å². The van der Waals surface area contributed by atoms with Crippen molar-refractivity contribution in [3.8, 4) is 0 Å². The van der Waals surface area contributed by atoms with Gasteiger partial charge in [0.1, 0.15) is 23.0 Å². The van der Waals surface area contributed by atoms with Crippen molar-refractivity contribution in [2.45, 2.75) is 46.6 Å². The number of rotatable bonds is 7. The van der Waals surface area contributed by atoms with Crippen molar-refractivity contribution in [1.29, 1.82) is 0 Å². The Bertz CT molecular complexity index is 1040. The quantitative estimate of drug-likeness (QED) is 0.551. The van der Waals surface area contributed by atoms with Crippen molar-refractivity contribution >= 4 is 11.7 Å². The zero-order valence-electron chi connectivity index (χ0n) is 19.8. The summed E-state index contributed by atoms with van der Waals surface area (Å²) >= 11 is 0. The number of benzene rings is 1. The molecule has 0 unspecified atom stereocenters. The standard InChI is InChI=1S/C26H33N5O2.CH4/c1-26(2,3)25-28-19-22(23(29-25)27-18-21-10-7-17-33-21)24(32)31-15-13-30(14-16-31)12-11-20-8-5-4-6-9-20;/h4-10,17,19H,11-16,18H2,1-3H3,(H,27,28,29);1H4. The summed E-state index contributed by atoms with van der Waals surface area (Å²) in [6.07, 6.45) is 4.33. The van der Waals surface area contributed by atoms with Gasteiger partial charge in [0.2, 0.25) is 0 Å². The number of hydrogen-bond donors (Lipinski definition) is 1. The molecule has 7 heteroatoms. The van der Waals surface area contributed by atoms with E-state index in [1.165, 1.54) is 5.56 Å². The minimum absolute atomic E-state index is 0. The minimum Gasteiger partial charge on any atom is -0.467 e. The number of hydrogen-bond acceptors (Lipinski definition) is 6. The lowest BCUT2D eigenvalue weighted by atomic mass is 9.95. The van der Waals surface area contributed by atoms with E-state index in [1.807, 2.05) is 23.1 Å². The zero-order valence-corrected chi connectivity index (χ0v) is 19.8. The number of anilines is 1. The normalized spacial score (nSPS) is 14.5. The number of piperazine rings is 1. The topological polar surface area (TPSA) is 74.5 Å². The van der Waals surface area contributed by atoms with Gasteiger partial charge in [0.25, 0.3) is 5.91 Å². The van der Waals surface area contributed by atoms with Gasteiger partial charge in [-0.25, -0.2) is 9.97 Å². The van der Waals surface area contributed by atoms with Crippen molar-refractivity contribution in [3.05, 3.63) is 77.6 Å². The average molecular weight is 464 g/mol. The van der Waals surface area contributed by atoms with Gasteiger partial charge in [0, 0.05) is 44.3 Å². The van der Waals surface area contributed by atoms with E-state index in [2.05, 4.69) is 60.2 Å². The second-order valence-corrected chi connectivity index (χ2v) is 9.51. The van der Waals surface area contributed by atoms with E-state index in [0.29, 0.717) is 36.8 Å². The number of furan rings is 1. The van der Waals surface area contributed by atoms with Crippen molar-refractivity contribution in [1.82, 2.24) is 19.8 Å². The van der Waals surface area contributed by atoms with Gasteiger partial charge in [0.15, 0.2) is 0 Å². The van der Waals surface area contributed by atoms with Gasteiger partial charge in [-0.3, -0.25) is 9.69 Å². The maximum atomic E-state index is 13.4. The second-order valence-electron chi connectivity index (χ2n) is 9.51. The first-order valence-electron chi connectivity index (χ1n) is 11.6. The smallest absolute Gasteiger partial charge is 0.259 e. The third kappa shape index (κ3) is 6.44. The van der Waals surface area contributed by atoms with Crippen LogP contribution in [-0.4, -0.2) is 58.4 Å². The molecule has 1 N–H and O–H groups in total. The maximum Gasteiger partial charge on any atom is 0.259 e. The molecule has 0 aliphatic carbocycles. The first-order chi connectivity index (χ1) is 15.9. The van der Waals surface area contributed by atoms with E-state index in [1.54, 1.807) is 12.5 Å². The summed E-state index contributed by atoms with van der Waals surface area (Å²) in [5.41, 5.74) is 1.64. The van der Waals surface area contributed by atoms with Gasteiger partial charge in [-0.15, -0.1) is 0 Å². The molecule has 34 heavy (non-hydrogen) atoms. The molecule has 7 nitrogen and oxygen atoms in total. The van der Waals surface area contributed by atoms with Crippen LogP contribution in [0, 0.1) is 0 Å². The van der Waals surface area contributed by atoms with Crippen LogP contribution in [0.1, 0.15) is 55.7 Å². The highest BCUT2D eigenvalue weighted by Gasteiger charge is 2.27. The molecular formula is C27H37N5O2. The largest absolute Gasteiger partial charge is 0.467 e. The Morgan fingerprint density at radius 3 is 2.44 bits per heavy atom. The van der Waals surface area contributed by atoms with E-state index in [9.17, 15) is 4.79 Å². The third-order valence-electron chi connectivity index (χ3n) is 5.92. The molecule has 1 amide bonds. The molecule has 0 spiro atoms. The van der Waals surface area contributed by atoms with Crippen LogP contribution in [0.15, 0.2) is 59.3 Å². The second kappa shape index (κ2) is 11.3. The highest BCUT2D eigenvalue weighted by Crippen LogP contribution is 2.23. The number of nitrogens with zero attached hydrogens (tertiary/aromatic N) is 4. The fourth-order valence-corrected chi connectivity index (χ4v) is 3.90. The number of carbonyl (C=O) groups excluding carboxylic acids is 1. The Hall–Kier alpha value is -3.19. The number of aromatic nitrogens is 2. The molecule has 0 saturated carbocycles. The molecule has 1 fully saturated rings. The summed E-state index contributed by atoms with van der Waals surface area (Å²) in [4.78, 5) is 27.0. The molecule has 0 radical (unpaired) electrons. The monoisotopic (exact) mass is 463 g/mol. The van der Waals surface area contributed by atoms with Gasteiger partial charge >= 0.3 is 0 Å². The average Bonchev–Trinajstić information content (AvgIpc) is 3.35. The van der Waals surface area contributed by atoms with Crippen molar-refractivity contribution in [2.24, 2.45) is 0 Å². The molecule has 182 valence electrons. The van der Waals surface area contributed by atoms with Gasteiger partial charge in [-0.1, -0.05) is 58.5 Å². The van der Waals surface area contributed by atoms with Crippen LogP contribution in [0.25, 0.3) is 0 Å². The summed E-state index contributed by atoms with van der Waals surface area (Å²) in [6, 6.07) is 14.3. The van der Waals surface area contributed by atoms with E-state index in [-0.39, 0.29) is 18.7 Å². The summed E-state index contributed by atoms with van der Waals surface area (Å²) in [7, 11) is 0. The third-order valence-corrected chi connectivity index (χ3v) is 5.92. The van der Waals surface area contributed by atoms with Crippen LogP contribution in [0.4, 0.5) is 5.82 Å². The molecule has 4 rings (SSSR count). The van der Waals surface area contributed by atoms with Crippen LogP contribution >= 0.6 is 0 Å². The molecule has 1 aliphatic heterocycles. The van der Waals surface area contributed by atoms with Crippen LogP contribution in [-0.2, 0) is 18.4 Å². The lowest BCUT2D eigenvalue weighted by molar-refractivity contribution is 0.0638. The molecule has 2 aromatic heterocycles. The predicted octanol–water partition coefficient (Wildman–Crippen LogP) is 4.62. The van der Waals surface area contributed by atoms with Crippen LogP contribution in [0.3, 0.4) is 0 Å². The lowest BCUT2D eigenvalue weighted by Crippen LogP contribution is -2.49. The van der Waals surface area contributed by atoms with Gasteiger partial charge in [-0.2, -0.15) is 0 Å². The molecule has 1 saturated heterocycles. The summed E-state index contributed by atoms with van der Waals surface area (Å²) in [5.74, 6) is 2.02. The Morgan fingerprint density at radius 1 is 1.06 bits per heavy atom. The molecule has 3 aromatic rings. The van der Waals surface area contributed by atoms with Crippen LogP contribution in [0.2, 0.25) is 0 Å². The highest BCUT2D eigenvalue weighted by molar-refractivity contribution is 5.98. The Kier molecular flexibility index (Phi) is 8.45. The lowest BCUT2D eigenvalue weighted by Gasteiger charge is -2.35. The number of carbonyl (C=O) groups is 1. The Labute approximate surface area is 203 Å². The zero-order chi connectivity index (χ0) is 23.3. The molecule has 0 atom stereocenters. The van der Waals surface area contributed by atoms with Crippen molar-refractivity contribution in [2.75, 3.05) is 38.0 Å². The number of amides is 1. The Morgan fingerprint density at radius 2 is 1.79 bits per heavy atom. The fourth-order valence-electron chi connectivity index (χ4n) is 3.90. The van der Waals surface area contributed by atoms with E-state index in [0.717, 1.165) is 31.8 Å². The molecule has 1 aliphatic rings. The summed E-state index contributed by atoms with van der Waals surface area (Å²) < 4.78 is 5.43. The van der Waals surface area contributed by atoms with E-state index < -0.39 is 0 Å². The molecular weight excluding hydrogens is 426 g/mol. The highest BCUT2D eigenvalue weighted by atomic mass is 16.3. The van der Waals surface area contributed by atoms with Crippen LogP contribution < -0.4 is 5.32 Å². The van der Waals surface area contributed by atoms with Gasteiger partial charge < -0.3 is 14.6 Å².